The van der Waals surface area contributed by atoms with Crippen LogP contribution in [0, 0.1) is 0 Å². The SMILES string of the molecule is CC(C)N=C1S/C(=C/c2ccccc2OCc2ccc(Cl)c(Cl)c2)C(=O)N1C(C)C. The number of rotatable bonds is 6. The van der Waals surface area contributed by atoms with Crippen molar-refractivity contribution in [3.05, 3.63) is 68.5 Å². The maximum atomic E-state index is 13.0. The zero-order valence-electron chi connectivity index (χ0n) is 17.4. The topological polar surface area (TPSA) is 41.9 Å². The van der Waals surface area contributed by atoms with Gasteiger partial charge in [-0.25, -0.2) is 0 Å². The summed E-state index contributed by atoms with van der Waals surface area (Å²) in [5, 5.41) is 1.74. The maximum Gasteiger partial charge on any atom is 0.266 e. The van der Waals surface area contributed by atoms with Crippen molar-refractivity contribution in [2.45, 2.75) is 46.4 Å². The summed E-state index contributed by atoms with van der Waals surface area (Å²) in [7, 11) is 0. The Bertz CT molecular complexity index is 1000. The van der Waals surface area contributed by atoms with E-state index < -0.39 is 0 Å². The van der Waals surface area contributed by atoms with E-state index in [4.69, 9.17) is 27.9 Å². The number of nitrogens with zero attached hydrogens (tertiary/aromatic N) is 2. The van der Waals surface area contributed by atoms with Crippen molar-refractivity contribution in [3.63, 3.8) is 0 Å². The van der Waals surface area contributed by atoms with Crippen molar-refractivity contribution in [2.75, 3.05) is 0 Å². The molecule has 0 atom stereocenters. The van der Waals surface area contributed by atoms with Crippen molar-refractivity contribution < 1.29 is 9.53 Å². The van der Waals surface area contributed by atoms with E-state index in [-0.39, 0.29) is 18.0 Å². The lowest BCUT2D eigenvalue weighted by atomic mass is 10.1. The maximum absolute atomic E-state index is 13.0. The molecule has 2 aromatic rings. The molecule has 1 aliphatic heterocycles. The zero-order chi connectivity index (χ0) is 21.8. The summed E-state index contributed by atoms with van der Waals surface area (Å²) in [6, 6.07) is 13.2. The molecule has 3 rings (SSSR count). The number of amidine groups is 1. The average molecular weight is 463 g/mol. The summed E-state index contributed by atoms with van der Waals surface area (Å²) in [6.45, 7) is 8.34. The van der Waals surface area contributed by atoms with Gasteiger partial charge < -0.3 is 4.74 Å². The molecule has 0 unspecified atom stereocenters. The number of carbonyl (C=O) groups is 1. The van der Waals surface area contributed by atoms with Crippen molar-refractivity contribution in [1.29, 1.82) is 0 Å². The molecule has 0 N–H and O–H groups in total. The van der Waals surface area contributed by atoms with Crippen molar-refractivity contribution in [3.8, 4) is 5.75 Å². The van der Waals surface area contributed by atoms with E-state index in [0.29, 0.717) is 27.3 Å². The van der Waals surface area contributed by atoms with Gasteiger partial charge in [-0.3, -0.25) is 14.7 Å². The van der Waals surface area contributed by atoms with Crippen LogP contribution in [0.2, 0.25) is 10.0 Å². The number of thioether (sulfide) groups is 1. The van der Waals surface area contributed by atoms with Crippen LogP contribution in [0.4, 0.5) is 0 Å². The Morgan fingerprint density at radius 1 is 1.10 bits per heavy atom. The monoisotopic (exact) mass is 462 g/mol. The minimum absolute atomic E-state index is 0.0336. The predicted molar refractivity (Wildman–Crippen MR) is 127 cm³/mol. The van der Waals surface area contributed by atoms with E-state index in [2.05, 4.69) is 4.99 Å². The third-order valence-electron chi connectivity index (χ3n) is 4.31. The van der Waals surface area contributed by atoms with E-state index in [1.54, 1.807) is 17.0 Å². The molecule has 158 valence electrons. The van der Waals surface area contributed by atoms with E-state index >= 15 is 0 Å². The van der Waals surface area contributed by atoms with Gasteiger partial charge in [-0.15, -0.1) is 0 Å². The number of hydrogen-bond donors (Lipinski definition) is 0. The molecule has 2 aromatic carbocycles. The zero-order valence-corrected chi connectivity index (χ0v) is 19.7. The summed E-state index contributed by atoms with van der Waals surface area (Å²) >= 11 is 13.5. The molecule has 1 saturated heterocycles. The summed E-state index contributed by atoms with van der Waals surface area (Å²) in [6.07, 6.45) is 1.87. The van der Waals surface area contributed by atoms with E-state index in [1.165, 1.54) is 11.8 Å². The molecule has 30 heavy (non-hydrogen) atoms. The van der Waals surface area contributed by atoms with Crippen LogP contribution in [-0.2, 0) is 11.4 Å². The molecule has 0 saturated carbocycles. The molecule has 4 nitrogen and oxygen atoms in total. The van der Waals surface area contributed by atoms with Gasteiger partial charge in [0.2, 0.25) is 0 Å². The van der Waals surface area contributed by atoms with Crippen molar-refractivity contribution in [1.82, 2.24) is 4.90 Å². The molecule has 0 bridgehead atoms. The van der Waals surface area contributed by atoms with Crippen LogP contribution in [-0.4, -0.2) is 28.1 Å². The number of ether oxygens (including phenoxy) is 1. The molecule has 1 aliphatic rings. The van der Waals surface area contributed by atoms with Gasteiger partial charge in [-0.05, 0) is 69.3 Å². The van der Waals surface area contributed by atoms with Gasteiger partial charge in [0.25, 0.3) is 5.91 Å². The number of benzene rings is 2. The summed E-state index contributed by atoms with van der Waals surface area (Å²) in [5.74, 6) is 0.656. The van der Waals surface area contributed by atoms with Crippen LogP contribution in [0.25, 0.3) is 6.08 Å². The summed E-state index contributed by atoms with van der Waals surface area (Å²) in [5.41, 5.74) is 1.75. The van der Waals surface area contributed by atoms with Crippen molar-refractivity contribution in [2.24, 2.45) is 4.99 Å². The van der Waals surface area contributed by atoms with Gasteiger partial charge in [0, 0.05) is 17.6 Å². The van der Waals surface area contributed by atoms with Gasteiger partial charge in [-0.2, -0.15) is 0 Å². The fourth-order valence-corrected chi connectivity index (χ4v) is 4.46. The average Bonchev–Trinajstić information content (AvgIpc) is 2.98. The predicted octanol–water partition coefficient (Wildman–Crippen LogP) is 6.66. The van der Waals surface area contributed by atoms with E-state index in [9.17, 15) is 4.79 Å². The Kier molecular flexibility index (Phi) is 7.50. The quantitative estimate of drug-likeness (QED) is 0.450. The normalized spacial score (nSPS) is 17.1. The molecule has 0 aliphatic carbocycles. The number of hydrogen-bond acceptors (Lipinski definition) is 4. The van der Waals surface area contributed by atoms with Gasteiger partial charge >= 0.3 is 0 Å². The van der Waals surface area contributed by atoms with E-state index in [0.717, 1.165) is 16.3 Å². The second kappa shape index (κ2) is 9.90. The van der Waals surface area contributed by atoms with Crippen LogP contribution in [0.3, 0.4) is 0 Å². The Labute approximate surface area is 191 Å². The Morgan fingerprint density at radius 3 is 2.50 bits per heavy atom. The largest absolute Gasteiger partial charge is 0.488 e. The number of aliphatic imine (C=N–C) groups is 1. The molecular weight excluding hydrogens is 439 g/mol. The van der Waals surface area contributed by atoms with Gasteiger partial charge in [0.15, 0.2) is 5.17 Å². The van der Waals surface area contributed by atoms with Gasteiger partial charge in [-0.1, -0.05) is 47.5 Å². The second-order valence-corrected chi connectivity index (χ2v) is 9.28. The first-order chi connectivity index (χ1) is 14.3. The number of halogens is 2. The fourth-order valence-electron chi connectivity index (χ4n) is 2.92. The first-order valence-electron chi connectivity index (χ1n) is 9.73. The highest BCUT2D eigenvalue weighted by Crippen LogP contribution is 2.36. The molecule has 7 heteroatoms. The number of para-hydroxylation sites is 1. The van der Waals surface area contributed by atoms with E-state index in [1.807, 2.05) is 64.1 Å². The van der Waals surface area contributed by atoms with Crippen LogP contribution in [0.5, 0.6) is 5.75 Å². The van der Waals surface area contributed by atoms with Crippen LogP contribution < -0.4 is 4.74 Å². The lowest BCUT2D eigenvalue weighted by Crippen LogP contribution is -2.35. The fraction of sp³-hybridized carbons (Fsp3) is 0.304. The van der Waals surface area contributed by atoms with Gasteiger partial charge in [0.1, 0.15) is 12.4 Å². The third kappa shape index (κ3) is 5.39. The Morgan fingerprint density at radius 2 is 1.83 bits per heavy atom. The minimum Gasteiger partial charge on any atom is -0.488 e. The highest BCUT2D eigenvalue weighted by molar-refractivity contribution is 8.18. The smallest absolute Gasteiger partial charge is 0.266 e. The summed E-state index contributed by atoms with van der Waals surface area (Å²) < 4.78 is 6.02. The molecule has 0 aromatic heterocycles. The van der Waals surface area contributed by atoms with Gasteiger partial charge in [0.05, 0.1) is 15.0 Å². The summed E-state index contributed by atoms with van der Waals surface area (Å²) in [4.78, 5) is 20.0. The molecular formula is C23H24Cl2N2O2S. The van der Waals surface area contributed by atoms with Crippen LogP contribution >= 0.6 is 35.0 Å². The van der Waals surface area contributed by atoms with Crippen LogP contribution in [0.1, 0.15) is 38.8 Å². The number of carbonyl (C=O) groups excluding carboxylic acids is 1. The molecule has 0 radical (unpaired) electrons. The Hall–Kier alpha value is -1.95. The molecule has 1 heterocycles. The first-order valence-corrected chi connectivity index (χ1v) is 11.3. The molecule has 1 fully saturated rings. The second-order valence-electron chi connectivity index (χ2n) is 7.46. The van der Waals surface area contributed by atoms with Crippen LogP contribution in [0.15, 0.2) is 52.4 Å². The molecule has 0 spiro atoms. The van der Waals surface area contributed by atoms with Crippen molar-refractivity contribution >= 4 is 52.1 Å². The molecule has 1 amide bonds. The first kappa shape index (κ1) is 22.7. The highest BCUT2D eigenvalue weighted by atomic mass is 35.5. The highest BCUT2D eigenvalue weighted by Gasteiger charge is 2.35. The lowest BCUT2D eigenvalue weighted by Gasteiger charge is -2.20. The minimum atomic E-state index is -0.0336. The lowest BCUT2D eigenvalue weighted by molar-refractivity contribution is -0.123. The number of amides is 1. The standard InChI is InChI=1S/C23H24Cl2N2O2S/c1-14(2)26-23-27(15(3)4)22(28)21(30-23)12-17-7-5-6-8-20(17)29-13-16-9-10-18(24)19(25)11-16/h5-12,14-15H,13H2,1-4H3/b21-12+,26-23?. The third-order valence-corrected chi connectivity index (χ3v) is 6.04. The Balaban J connectivity index is 1.85.